The number of halogens is 1. The van der Waals surface area contributed by atoms with Crippen LogP contribution in [0.25, 0.3) is 5.69 Å². The van der Waals surface area contributed by atoms with E-state index < -0.39 is 15.8 Å². The van der Waals surface area contributed by atoms with Crippen LogP contribution in [0.4, 0.5) is 0 Å². The Labute approximate surface area is 225 Å². The first kappa shape index (κ1) is 27.6. The number of guanidine groups is 1. The predicted molar refractivity (Wildman–Crippen MR) is 142 cm³/mol. The van der Waals surface area contributed by atoms with Crippen molar-refractivity contribution in [3.63, 3.8) is 0 Å². The summed E-state index contributed by atoms with van der Waals surface area (Å²) >= 11 is 6.09. The zero-order valence-corrected chi connectivity index (χ0v) is 22.6. The molecule has 2 N–H and O–H groups in total. The normalized spacial score (nSPS) is 18.2. The number of tetrazole rings is 1. The lowest BCUT2D eigenvalue weighted by atomic mass is 9.86. The fourth-order valence-corrected chi connectivity index (χ4v) is 5.33. The Morgan fingerprint density at radius 2 is 1.95 bits per heavy atom. The van der Waals surface area contributed by atoms with E-state index in [1.807, 2.05) is 0 Å². The molecule has 1 unspecified atom stereocenters. The molecule has 0 aliphatic carbocycles. The van der Waals surface area contributed by atoms with Crippen molar-refractivity contribution in [2.75, 3.05) is 40.4 Å². The molecule has 1 atom stereocenters. The molecule has 0 radical (unpaired) electrons. The summed E-state index contributed by atoms with van der Waals surface area (Å²) in [6, 6.07) is 13.9. The van der Waals surface area contributed by atoms with Gasteiger partial charge in [0.05, 0.1) is 18.8 Å². The van der Waals surface area contributed by atoms with Crippen LogP contribution in [0.1, 0.15) is 18.1 Å². The second-order valence-electron chi connectivity index (χ2n) is 8.31. The molecule has 0 fully saturated rings. The first-order valence-electron chi connectivity index (χ1n) is 11.6. The smallest absolute Gasteiger partial charge is 0.304 e. The zero-order chi connectivity index (χ0) is 27.3. The van der Waals surface area contributed by atoms with Gasteiger partial charge in [-0.15, -0.1) is 5.10 Å². The fraction of sp³-hybridized carbons (Fsp3) is 0.348. The van der Waals surface area contributed by atoms with Gasteiger partial charge in [0.25, 0.3) is 0 Å². The van der Waals surface area contributed by atoms with Crippen molar-refractivity contribution in [1.82, 2.24) is 34.2 Å². The highest BCUT2D eigenvalue weighted by atomic mass is 35.5. The van der Waals surface area contributed by atoms with Gasteiger partial charge in [0, 0.05) is 37.8 Å². The van der Waals surface area contributed by atoms with Crippen LogP contribution in [0.3, 0.4) is 0 Å². The monoisotopic (exact) mass is 561 g/mol. The molecule has 13 nitrogen and oxygen atoms in total. The summed E-state index contributed by atoms with van der Waals surface area (Å²) in [6.07, 6.45) is 1.46. The standard InChI is InChI=1S/C23H28ClN9O4S/c1-4-31(13-14-37-3)38(35,36)28-22(25-2)32-15-23(34,21(27-32)17-5-9-19(24)10-6-17)18-7-11-20(12-8-18)33-16-26-29-30-33/h5-12,16,34H,4,13-15H2,1-3H3,(H,25,28). The lowest BCUT2D eigenvalue weighted by Gasteiger charge is -2.27. The van der Waals surface area contributed by atoms with Crippen LogP contribution in [-0.2, 0) is 20.5 Å². The minimum atomic E-state index is -3.97. The molecule has 2 aromatic carbocycles. The molecule has 0 spiro atoms. The molecular formula is C23H28ClN9O4S. The molecule has 38 heavy (non-hydrogen) atoms. The Balaban J connectivity index is 1.69. The van der Waals surface area contributed by atoms with Crippen molar-refractivity contribution in [2.24, 2.45) is 10.1 Å². The second kappa shape index (κ2) is 11.5. The molecule has 202 valence electrons. The van der Waals surface area contributed by atoms with E-state index >= 15 is 0 Å². The van der Waals surface area contributed by atoms with Crippen LogP contribution in [0.2, 0.25) is 5.02 Å². The van der Waals surface area contributed by atoms with Crippen LogP contribution >= 0.6 is 11.6 Å². The summed E-state index contributed by atoms with van der Waals surface area (Å²) in [5, 5.41) is 29.7. The Hall–Kier alpha value is -3.43. The quantitative estimate of drug-likeness (QED) is 0.290. The number of methoxy groups -OCH3 is 1. The number of likely N-dealkylation sites (N-methyl/N-ethyl adjacent to an activating group) is 1. The number of rotatable bonds is 9. The number of benzene rings is 2. The first-order valence-corrected chi connectivity index (χ1v) is 13.5. The lowest BCUT2D eigenvalue weighted by molar-refractivity contribution is 0.103. The van der Waals surface area contributed by atoms with Crippen LogP contribution in [0, 0.1) is 0 Å². The maximum atomic E-state index is 13.1. The summed E-state index contributed by atoms with van der Waals surface area (Å²) < 4.78 is 36.4. The van der Waals surface area contributed by atoms with Gasteiger partial charge in [-0.1, -0.05) is 42.8 Å². The van der Waals surface area contributed by atoms with Gasteiger partial charge in [-0.2, -0.15) is 17.8 Å². The third kappa shape index (κ3) is 5.68. The molecular weight excluding hydrogens is 534 g/mol. The van der Waals surface area contributed by atoms with Crippen molar-refractivity contribution in [2.45, 2.75) is 12.5 Å². The summed E-state index contributed by atoms with van der Waals surface area (Å²) in [5.74, 6) is -0.0476. The Morgan fingerprint density at radius 3 is 2.53 bits per heavy atom. The molecule has 0 bridgehead atoms. The molecule has 3 aromatic rings. The number of hydrogen-bond donors (Lipinski definition) is 2. The van der Waals surface area contributed by atoms with Gasteiger partial charge in [0.15, 0.2) is 5.60 Å². The van der Waals surface area contributed by atoms with Crippen LogP contribution < -0.4 is 4.72 Å². The van der Waals surface area contributed by atoms with E-state index in [0.29, 0.717) is 27.5 Å². The van der Waals surface area contributed by atoms with E-state index in [4.69, 9.17) is 16.3 Å². The maximum absolute atomic E-state index is 13.1. The number of hydrogen-bond acceptors (Lipinski definition) is 9. The number of β-amino-alcohol motifs (C(OH)–C–C–N with tert-alkyl or cyclic N) is 1. The van der Waals surface area contributed by atoms with E-state index in [0.717, 1.165) is 0 Å². The second-order valence-corrected chi connectivity index (χ2v) is 10.4. The van der Waals surface area contributed by atoms with Gasteiger partial charge in [0.2, 0.25) is 5.96 Å². The van der Waals surface area contributed by atoms with E-state index in [1.165, 1.54) is 34.5 Å². The zero-order valence-electron chi connectivity index (χ0n) is 21.1. The fourth-order valence-electron chi connectivity index (χ4n) is 3.99. The largest absolute Gasteiger partial charge is 0.383 e. The highest BCUT2D eigenvalue weighted by Gasteiger charge is 2.45. The first-order chi connectivity index (χ1) is 18.2. The Morgan fingerprint density at radius 1 is 1.24 bits per heavy atom. The van der Waals surface area contributed by atoms with Gasteiger partial charge in [-0.05, 0) is 40.3 Å². The number of aliphatic hydroxyl groups is 1. The number of nitrogens with one attached hydrogen (secondary N) is 1. The molecule has 2 heterocycles. The lowest BCUT2D eigenvalue weighted by Crippen LogP contribution is -2.50. The minimum Gasteiger partial charge on any atom is -0.383 e. The predicted octanol–water partition coefficient (Wildman–Crippen LogP) is 1.01. The summed E-state index contributed by atoms with van der Waals surface area (Å²) in [5.41, 5.74) is 0.518. The Bertz CT molecular complexity index is 1400. The van der Waals surface area contributed by atoms with E-state index in [2.05, 4.69) is 30.3 Å². The maximum Gasteiger partial charge on any atom is 0.304 e. The van der Waals surface area contributed by atoms with Crippen LogP contribution in [0.5, 0.6) is 0 Å². The number of nitrogens with zero attached hydrogens (tertiary/aromatic N) is 8. The Kier molecular flexibility index (Phi) is 8.38. The van der Waals surface area contributed by atoms with Crippen molar-refractivity contribution in [3.05, 3.63) is 71.0 Å². The number of ether oxygens (including phenoxy) is 1. The SMILES string of the molecule is CCN(CCOC)S(=O)(=O)NC(=NC)N1CC(O)(c2ccc(-n3cnnn3)cc2)C(c2ccc(Cl)cc2)=N1. The van der Waals surface area contributed by atoms with Gasteiger partial charge < -0.3 is 9.84 Å². The van der Waals surface area contributed by atoms with Crippen molar-refractivity contribution in [3.8, 4) is 5.69 Å². The van der Waals surface area contributed by atoms with Gasteiger partial charge >= 0.3 is 10.2 Å². The van der Waals surface area contributed by atoms with E-state index in [-0.39, 0.29) is 32.2 Å². The number of hydrazone groups is 1. The molecule has 0 saturated heterocycles. The van der Waals surface area contributed by atoms with Gasteiger partial charge in [-0.25, -0.2) is 14.4 Å². The molecule has 15 heteroatoms. The third-order valence-corrected chi connectivity index (χ3v) is 7.79. The highest BCUT2D eigenvalue weighted by molar-refractivity contribution is 7.87. The summed E-state index contributed by atoms with van der Waals surface area (Å²) in [7, 11) is -1.03. The van der Waals surface area contributed by atoms with E-state index in [1.54, 1.807) is 55.5 Å². The van der Waals surface area contributed by atoms with Crippen molar-refractivity contribution >= 4 is 33.5 Å². The topological polar surface area (TPSA) is 150 Å². The average molecular weight is 562 g/mol. The number of aromatic nitrogens is 4. The van der Waals surface area contributed by atoms with Crippen LogP contribution in [0.15, 0.2) is 65.0 Å². The van der Waals surface area contributed by atoms with Gasteiger partial charge in [0.1, 0.15) is 12.0 Å². The number of aliphatic imine (C=N–C) groups is 1. The summed E-state index contributed by atoms with van der Waals surface area (Å²) in [4.78, 5) is 4.13. The van der Waals surface area contributed by atoms with Crippen molar-refractivity contribution in [1.29, 1.82) is 0 Å². The molecule has 1 aliphatic heterocycles. The average Bonchev–Trinajstić information content (AvgIpc) is 3.57. The summed E-state index contributed by atoms with van der Waals surface area (Å²) in [6.45, 7) is 2.25. The van der Waals surface area contributed by atoms with E-state index in [9.17, 15) is 13.5 Å². The van der Waals surface area contributed by atoms with Gasteiger partial charge in [-0.3, -0.25) is 4.99 Å². The molecule has 1 aromatic heterocycles. The minimum absolute atomic E-state index is 0.0476. The third-order valence-electron chi connectivity index (χ3n) is 5.98. The molecule has 0 amide bonds. The van der Waals surface area contributed by atoms with Crippen LogP contribution in [-0.4, -0.2) is 95.1 Å². The molecule has 1 aliphatic rings. The highest BCUT2D eigenvalue weighted by Crippen LogP contribution is 2.34. The van der Waals surface area contributed by atoms with Crippen molar-refractivity contribution < 1.29 is 18.3 Å². The molecule has 0 saturated carbocycles. The molecule has 4 rings (SSSR count).